The van der Waals surface area contributed by atoms with Gasteiger partial charge >= 0.3 is 0 Å². The maximum absolute atomic E-state index is 2.36. The second kappa shape index (κ2) is 7.50. The Hall–Kier alpha value is -4.56. The molecule has 0 saturated heterocycles. The van der Waals surface area contributed by atoms with Gasteiger partial charge in [-0.25, -0.2) is 0 Å². The molecule has 0 aliphatic carbocycles. The molecule has 0 spiro atoms. The number of hydrogen-bond acceptors (Lipinski definition) is 0. The first-order valence-electron chi connectivity index (χ1n) is 11.6. The van der Waals surface area contributed by atoms with Crippen LogP contribution >= 0.6 is 0 Å². The van der Waals surface area contributed by atoms with E-state index in [-0.39, 0.29) is 0 Å². The van der Waals surface area contributed by atoms with Gasteiger partial charge in [-0.3, -0.25) is 0 Å². The van der Waals surface area contributed by atoms with E-state index < -0.39 is 0 Å². The normalized spacial score (nSPS) is 11.5. The zero-order valence-corrected chi connectivity index (χ0v) is 18.6. The fraction of sp³-hybridized carbons (Fsp3) is 0. The molecule has 2 nitrogen and oxygen atoms in total. The third kappa shape index (κ3) is 2.82. The minimum absolute atomic E-state index is 1.17. The Morgan fingerprint density at radius 1 is 0.412 bits per heavy atom. The summed E-state index contributed by atoms with van der Waals surface area (Å²) in [4.78, 5) is 0. The first-order chi connectivity index (χ1) is 16.9. The van der Waals surface area contributed by atoms with Gasteiger partial charge in [-0.15, -0.1) is 0 Å². The molecule has 0 aliphatic rings. The molecule has 0 unspecified atom stereocenters. The predicted octanol–water partition coefficient (Wildman–Crippen LogP) is 8.39. The highest BCUT2D eigenvalue weighted by Gasteiger charge is 2.15. The van der Waals surface area contributed by atoms with Crippen LogP contribution in [0.2, 0.25) is 0 Å². The summed E-state index contributed by atoms with van der Waals surface area (Å²) in [5.74, 6) is 0. The first-order valence-corrected chi connectivity index (χ1v) is 11.6. The molecule has 34 heavy (non-hydrogen) atoms. The average molecular weight is 435 g/mol. The van der Waals surface area contributed by atoms with Crippen molar-refractivity contribution in [2.45, 2.75) is 0 Å². The highest BCUT2D eigenvalue weighted by molar-refractivity contribution is 6.11. The fourth-order valence-corrected chi connectivity index (χ4v) is 5.21. The van der Waals surface area contributed by atoms with E-state index in [1.165, 1.54) is 55.2 Å². The molecule has 2 heterocycles. The Bertz CT molecular complexity index is 1790. The van der Waals surface area contributed by atoms with Crippen molar-refractivity contribution >= 4 is 32.7 Å². The van der Waals surface area contributed by atoms with Crippen LogP contribution in [0.15, 0.2) is 134 Å². The monoisotopic (exact) mass is 434 g/mol. The molecular weight excluding hydrogens is 412 g/mol. The van der Waals surface area contributed by atoms with Gasteiger partial charge in [0.1, 0.15) is 0 Å². The summed E-state index contributed by atoms with van der Waals surface area (Å²) >= 11 is 0. The van der Waals surface area contributed by atoms with E-state index in [1.54, 1.807) is 0 Å². The second-order valence-electron chi connectivity index (χ2n) is 8.69. The van der Waals surface area contributed by atoms with Crippen LogP contribution < -0.4 is 0 Å². The van der Waals surface area contributed by atoms with Crippen LogP contribution in [0.4, 0.5) is 0 Å². The van der Waals surface area contributed by atoms with E-state index in [1.807, 2.05) is 0 Å². The molecule has 0 bridgehead atoms. The van der Waals surface area contributed by atoms with Gasteiger partial charge in [-0.1, -0.05) is 78.9 Å². The lowest BCUT2D eigenvalue weighted by Crippen LogP contribution is -1.92. The summed E-state index contributed by atoms with van der Waals surface area (Å²) in [6, 6.07) is 45.4. The molecule has 0 aliphatic heterocycles. The van der Waals surface area contributed by atoms with Crippen molar-refractivity contribution < 1.29 is 0 Å². The molecule has 7 aromatic rings. The molecule has 0 saturated carbocycles. The number of benzene rings is 5. The van der Waals surface area contributed by atoms with E-state index in [4.69, 9.17) is 0 Å². The standard InChI is InChI=1S/C32H22N2/c1-3-11-24(12-4-1)33-22-29(27-16-7-9-17-30(27)33)23-19-20-32-28(21-23)26-15-8-10-18-31(26)34(32)25-13-5-2-6-14-25/h1-22H. The van der Waals surface area contributed by atoms with Gasteiger partial charge in [0.2, 0.25) is 0 Å². The zero-order valence-electron chi connectivity index (χ0n) is 18.6. The number of rotatable bonds is 3. The molecule has 0 N–H and O–H groups in total. The summed E-state index contributed by atoms with van der Waals surface area (Å²) in [5.41, 5.74) is 8.51. The van der Waals surface area contributed by atoms with Crippen molar-refractivity contribution in [3.8, 4) is 22.5 Å². The smallest absolute Gasteiger partial charge is 0.0541 e. The quantitative estimate of drug-likeness (QED) is 0.264. The Balaban J connectivity index is 1.50. The van der Waals surface area contributed by atoms with Crippen LogP contribution in [0.5, 0.6) is 0 Å². The van der Waals surface area contributed by atoms with Gasteiger partial charge in [-0.2, -0.15) is 0 Å². The Kier molecular flexibility index (Phi) is 4.18. The summed E-state index contributed by atoms with van der Waals surface area (Å²) in [7, 11) is 0. The highest BCUT2D eigenvalue weighted by atomic mass is 15.0. The van der Waals surface area contributed by atoms with Crippen LogP contribution in [0.3, 0.4) is 0 Å². The van der Waals surface area contributed by atoms with Crippen LogP contribution in [-0.4, -0.2) is 9.13 Å². The predicted molar refractivity (Wildman–Crippen MR) is 143 cm³/mol. The minimum atomic E-state index is 1.17. The lowest BCUT2D eigenvalue weighted by molar-refractivity contribution is 1.13. The van der Waals surface area contributed by atoms with Crippen molar-refractivity contribution in [2.75, 3.05) is 0 Å². The molecule has 5 aromatic carbocycles. The van der Waals surface area contributed by atoms with Crippen molar-refractivity contribution in [3.63, 3.8) is 0 Å². The lowest BCUT2D eigenvalue weighted by Gasteiger charge is -2.08. The van der Waals surface area contributed by atoms with E-state index in [0.717, 1.165) is 0 Å². The summed E-state index contributed by atoms with van der Waals surface area (Å²) in [6.07, 6.45) is 2.28. The number of hydrogen-bond donors (Lipinski definition) is 0. The van der Waals surface area contributed by atoms with Crippen molar-refractivity contribution in [3.05, 3.63) is 134 Å². The Morgan fingerprint density at radius 3 is 1.76 bits per heavy atom. The maximum atomic E-state index is 2.36. The number of nitrogens with zero attached hydrogens (tertiary/aromatic N) is 2. The van der Waals surface area contributed by atoms with Crippen LogP contribution in [-0.2, 0) is 0 Å². The molecule has 2 aromatic heterocycles. The summed E-state index contributed by atoms with van der Waals surface area (Å²) in [6.45, 7) is 0. The van der Waals surface area contributed by atoms with Crippen molar-refractivity contribution in [1.29, 1.82) is 0 Å². The largest absolute Gasteiger partial charge is 0.316 e. The number of aromatic nitrogens is 2. The Labute approximate surface area is 197 Å². The van der Waals surface area contributed by atoms with Crippen molar-refractivity contribution in [2.24, 2.45) is 0 Å². The van der Waals surface area contributed by atoms with Gasteiger partial charge in [-0.05, 0) is 54.1 Å². The summed E-state index contributed by atoms with van der Waals surface area (Å²) in [5, 5.41) is 3.81. The third-order valence-corrected chi connectivity index (χ3v) is 6.74. The maximum Gasteiger partial charge on any atom is 0.0541 e. The van der Waals surface area contributed by atoms with Gasteiger partial charge in [0.25, 0.3) is 0 Å². The highest BCUT2D eigenvalue weighted by Crippen LogP contribution is 2.38. The number of fused-ring (bicyclic) bond motifs is 4. The first kappa shape index (κ1) is 19.0. The SMILES string of the molecule is c1ccc(-n2cc(-c3ccc4c(c3)c3ccccc3n4-c3ccccc3)c3ccccc32)cc1. The molecule has 7 rings (SSSR count). The third-order valence-electron chi connectivity index (χ3n) is 6.74. The van der Waals surface area contributed by atoms with E-state index in [9.17, 15) is 0 Å². The second-order valence-corrected chi connectivity index (χ2v) is 8.69. The topological polar surface area (TPSA) is 9.86 Å². The van der Waals surface area contributed by atoms with Gasteiger partial charge in [0, 0.05) is 39.3 Å². The van der Waals surface area contributed by atoms with Gasteiger partial charge in [0.05, 0.1) is 16.6 Å². The lowest BCUT2D eigenvalue weighted by atomic mass is 10.0. The van der Waals surface area contributed by atoms with E-state index in [0.29, 0.717) is 0 Å². The van der Waals surface area contributed by atoms with Crippen LogP contribution in [0.1, 0.15) is 0 Å². The molecule has 0 fully saturated rings. The number of para-hydroxylation sites is 4. The van der Waals surface area contributed by atoms with Gasteiger partial charge in [0.15, 0.2) is 0 Å². The molecule has 0 radical (unpaired) electrons. The molecule has 0 amide bonds. The van der Waals surface area contributed by atoms with E-state index in [2.05, 4.69) is 143 Å². The van der Waals surface area contributed by atoms with E-state index >= 15 is 0 Å². The molecule has 0 atom stereocenters. The van der Waals surface area contributed by atoms with Crippen LogP contribution in [0, 0.1) is 0 Å². The van der Waals surface area contributed by atoms with Crippen molar-refractivity contribution in [1.82, 2.24) is 9.13 Å². The zero-order chi connectivity index (χ0) is 22.5. The Morgan fingerprint density at radius 2 is 1.00 bits per heavy atom. The fourth-order valence-electron chi connectivity index (χ4n) is 5.21. The molecule has 2 heteroatoms. The average Bonchev–Trinajstić information content (AvgIpc) is 3.46. The molecule has 160 valence electrons. The minimum Gasteiger partial charge on any atom is -0.316 e. The summed E-state index contributed by atoms with van der Waals surface area (Å²) < 4.78 is 4.66. The molecular formula is C32H22N2. The van der Waals surface area contributed by atoms with Gasteiger partial charge < -0.3 is 9.13 Å². The van der Waals surface area contributed by atoms with Crippen LogP contribution in [0.25, 0.3) is 55.2 Å².